The molecule has 0 amide bonds. The minimum atomic E-state index is -1.32. The van der Waals surface area contributed by atoms with E-state index in [1.165, 1.54) is 10.9 Å². The summed E-state index contributed by atoms with van der Waals surface area (Å²) in [7, 11) is 0. The number of rotatable bonds is 5. The quantitative estimate of drug-likeness (QED) is 0.396. The highest BCUT2D eigenvalue weighted by atomic mass is 16.6. The van der Waals surface area contributed by atoms with Crippen LogP contribution in [0.25, 0.3) is 11.2 Å². The largest absolute Gasteiger partial charge is 0.394 e. The number of fused-ring (bicyclic) bond motifs is 1. The second-order valence-electron chi connectivity index (χ2n) is 6.28. The third-order valence-electron chi connectivity index (χ3n) is 4.55. The number of aliphatic hydroxyl groups is 3. The Labute approximate surface area is 153 Å². The third kappa shape index (κ3) is 3.08. The number of H-pyrrole nitrogens is 1. The van der Waals surface area contributed by atoms with Crippen LogP contribution in [0.5, 0.6) is 0 Å². The number of benzene rings is 1. The lowest BCUT2D eigenvalue weighted by molar-refractivity contribution is -0.0501. The molecule has 1 aliphatic heterocycles. The lowest BCUT2D eigenvalue weighted by Gasteiger charge is -2.19. The maximum Gasteiger partial charge on any atom is 0.278 e. The molecule has 0 unspecified atom stereocenters. The fourth-order valence-electron chi connectivity index (χ4n) is 3.16. The van der Waals surface area contributed by atoms with Crippen LogP contribution in [0.1, 0.15) is 11.8 Å². The fourth-order valence-corrected chi connectivity index (χ4v) is 3.16. The molecule has 10 heteroatoms. The highest BCUT2D eigenvalue weighted by Gasteiger charge is 2.45. The third-order valence-corrected chi connectivity index (χ3v) is 4.55. The number of nitrogens with zero attached hydrogens (tertiary/aromatic N) is 3. The zero-order chi connectivity index (χ0) is 19.0. The van der Waals surface area contributed by atoms with Crippen LogP contribution in [0.15, 0.2) is 41.5 Å². The van der Waals surface area contributed by atoms with Crippen LogP contribution in [0.4, 0.5) is 5.95 Å². The van der Waals surface area contributed by atoms with E-state index in [1.54, 1.807) is 0 Å². The van der Waals surface area contributed by atoms with Gasteiger partial charge >= 0.3 is 0 Å². The first kappa shape index (κ1) is 17.6. The van der Waals surface area contributed by atoms with Gasteiger partial charge in [0, 0.05) is 6.54 Å². The molecule has 0 radical (unpaired) electrons. The monoisotopic (exact) mass is 373 g/mol. The molecule has 27 heavy (non-hydrogen) atoms. The van der Waals surface area contributed by atoms with Gasteiger partial charge in [-0.05, 0) is 5.56 Å². The molecule has 1 fully saturated rings. The number of hydrogen-bond acceptors (Lipinski definition) is 8. The number of nitrogens with one attached hydrogen (secondary N) is 2. The first-order chi connectivity index (χ1) is 13.1. The van der Waals surface area contributed by atoms with Crippen LogP contribution < -0.4 is 10.9 Å². The minimum Gasteiger partial charge on any atom is -0.394 e. The van der Waals surface area contributed by atoms with Gasteiger partial charge in [-0.15, -0.1) is 0 Å². The Morgan fingerprint density at radius 2 is 2.00 bits per heavy atom. The lowest BCUT2D eigenvalue weighted by atomic mass is 10.1. The van der Waals surface area contributed by atoms with E-state index in [0.717, 1.165) is 5.56 Å². The zero-order valence-corrected chi connectivity index (χ0v) is 14.2. The molecule has 10 nitrogen and oxygen atoms in total. The normalized spacial score (nSPS) is 25.1. The molecular weight excluding hydrogens is 354 g/mol. The molecule has 0 aliphatic carbocycles. The van der Waals surface area contributed by atoms with Crippen molar-refractivity contribution < 1.29 is 20.1 Å². The van der Waals surface area contributed by atoms with Crippen molar-refractivity contribution >= 4 is 17.1 Å². The van der Waals surface area contributed by atoms with Gasteiger partial charge in [-0.2, -0.15) is 0 Å². The van der Waals surface area contributed by atoms with Crippen LogP contribution in [0, 0.1) is 0 Å². The molecule has 4 atom stereocenters. The maximum atomic E-state index is 12.1. The molecule has 1 saturated heterocycles. The Hall–Kier alpha value is -2.79. The topological polar surface area (TPSA) is 146 Å². The predicted octanol–water partition coefficient (Wildman–Crippen LogP) is -0.657. The van der Waals surface area contributed by atoms with Crippen molar-refractivity contribution in [2.75, 3.05) is 11.9 Å². The van der Waals surface area contributed by atoms with Crippen molar-refractivity contribution in [3.8, 4) is 0 Å². The van der Waals surface area contributed by atoms with E-state index < -0.39 is 36.7 Å². The van der Waals surface area contributed by atoms with E-state index in [2.05, 4.69) is 20.3 Å². The summed E-state index contributed by atoms with van der Waals surface area (Å²) in [5.41, 5.74) is 0.822. The van der Waals surface area contributed by atoms with Crippen LogP contribution >= 0.6 is 0 Å². The number of aromatic amines is 1. The predicted molar refractivity (Wildman–Crippen MR) is 94.9 cm³/mol. The van der Waals surface area contributed by atoms with Crippen molar-refractivity contribution in [1.82, 2.24) is 19.5 Å². The molecule has 5 N–H and O–H groups in total. The number of hydrogen-bond donors (Lipinski definition) is 5. The highest BCUT2D eigenvalue weighted by Crippen LogP contribution is 2.33. The number of ether oxygens (including phenoxy) is 1. The van der Waals surface area contributed by atoms with Crippen LogP contribution in [0.2, 0.25) is 0 Å². The zero-order valence-electron chi connectivity index (χ0n) is 14.2. The molecule has 1 aromatic carbocycles. The molecule has 3 aromatic rings. The molecule has 0 saturated carbocycles. The molecule has 3 heterocycles. The maximum absolute atomic E-state index is 12.1. The van der Waals surface area contributed by atoms with Crippen LogP contribution in [-0.2, 0) is 11.3 Å². The summed E-state index contributed by atoms with van der Waals surface area (Å²) < 4.78 is 7.03. The number of aliphatic hydroxyl groups excluding tert-OH is 3. The standard InChI is InChI=1S/C17H19N5O5/c23-7-10-12(24)13(25)16(27-10)22-14-11(15(26)20-8-19-14)21-17(22)18-6-9-4-2-1-3-5-9/h1-5,8,10,12-13,16,23-25H,6-7H2,(H,18,21)(H,19,20,26)/t10-,12+,13-,16-/m0/s1. The van der Waals surface area contributed by atoms with Crippen molar-refractivity contribution in [3.05, 3.63) is 52.6 Å². The molecule has 142 valence electrons. The van der Waals surface area contributed by atoms with Gasteiger partial charge in [0.25, 0.3) is 5.56 Å². The smallest absolute Gasteiger partial charge is 0.278 e. The van der Waals surface area contributed by atoms with Gasteiger partial charge in [0.2, 0.25) is 5.95 Å². The summed E-state index contributed by atoms with van der Waals surface area (Å²) in [4.78, 5) is 23.0. The first-order valence-corrected chi connectivity index (χ1v) is 8.46. The molecule has 4 rings (SSSR count). The summed E-state index contributed by atoms with van der Waals surface area (Å²) in [6.45, 7) is -0.0426. The Morgan fingerprint density at radius 3 is 2.70 bits per heavy atom. The van der Waals surface area contributed by atoms with Crippen LogP contribution in [-0.4, -0.2) is 59.8 Å². The number of anilines is 1. The van der Waals surface area contributed by atoms with Crippen molar-refractivity contribution in [2.45, 2.75) is 31.1 Å². The fraction of sp³-hybridized carbons (Fsp3) is 0.353. The summed E-state index contributed by atoms with van der Waals surface area (Å²) in [6, 6.07) is 9.56. The lowest BCUT2D eigenvalue weighted by Crippen LogP contribution is -2.33. The van der Waals surface area contributed by atoms with E-state index >= 15 is 0 Å². The molecule has 1 aliphatic rings. The van der Waals surface area contributed by atoms with Gasteiger partial charge in [-0.3, -0.25) is 9.36 Å². The molecule has 0 spiro atoms. The Balaban J connectivity index is 1.76. The van der Waals surface area contributed by atoms with Gasteiger partial charge in [0.1, 0.15) is 18.3 Å². The van der Waals surface area contributed by atoms with Crippen molar-refractivity contribution in [1.29, 1.82) is 0 Å². The van der Waals surface area contributed by atoms with Crippen molar-refractivity contribution in [2.24, 2.45) is 0 Å². The van der Waals surface area contributed by atoms with Gasteiger partial charge in [0.15, 0.2) is 17.4 Å². The van der Waals surface area contributed by atoms with Crippen LogP contribution in [0.3, 0.4) is 0 Å². The summed E-state index contributed by atoms with van der Waals surface area (Å²) in [5, 5.41) is 32.9. The average Bonchev–Trinajstić information content (AvgIpc) is 3.19. The SMILES string of the molecule is O=c1[nH]cnc2c1nc(NCc1ccccc1)n2[C@H]1O[C@@H](CO)[C@@H](O)[C@@H]1O. The van der Waals surface area contributed by atoms with E-state index in [1.807, 2.05) is 30.3 Å². The van der Waals surface area contributed by atoms with E-state index in [9.17, 15) is 20.1 Å². The van der Waals surface area contributed by atoms with Gasteiger partial charge in [0.05, 0.1) is 12.9 Å². The molecule has 0 bridgehead atoms. The van der Waals surface area contributed by atoms with Gasteiger partial charge in [-0.25, -0.2) is 9.97 Å². The second kappa shape index (κ2) is 7.08. The first-order valence-electron chi connectivity index (χ1n) is 8.46. The van der Waals surface area contributed by atoms with E-state index in [4.69, 9.17) is 4.74 Å². The molecular formula is C17H19N5O5. The summed E-state index contributed by atoms with van der Waals surface area (Å²) in [5.74, 6) is 0.257. The minimum absolute atomic E-state index is 0.0748. The van der Waals surface area contributed by atoms with Crippen molar-refractivity contribution in [3.63, 3.8) is 0 Å². The summed E-state index contributed by atoms with van der Waals surface area (Å²) in [6.07, 6.45) is -3.38. The highest BCUT2D eigenvalue weighted by molar-refractivity contribution is 5.73. The Kier molecular flexibility index (Phi) is 4.62. The van der Waals surface area contributed by atoms with E-state index in [0.29, 0.717) is 6.54 Å². The summed E-state index contributed by atoms with van der Waals surface area (Å²) >= 11 is 0. The van der Waals surface area contributed by atoms with Gasteiger partial charge in [-0.1, -0.05) is 30.3 Å². The Bertz CT molecular complexity index is 988. The Morgan fingerprint density at radius 1 is 1.22 bits per heavy atom. The second-order valence-corrected chi connectivity index (χ2v) is 6.28. The van der Waals surface area contributed by atoms with Gasteiger partial charge < -0.3 is 30.4 Å². The van der Waals surface area contributed by atoms with E-state index in [-0.39, 0.29) is 17.1 Å². The average molecular weight is 373 g/mol. The molecule has 2 aromatic heterocycles. The number of imidazole rings is 1. The number of aromatic nitrogens is 4.